The molecule has 172 valence electrons. The molecule has 2 rings (SSSR count). The van der Waals surface area contributed by atoms with E-state index in [1.807, 2.05) is 19.1 Å². The SMILES string of the molecule is CCOCCOCc1cccc(CNC(=NC)NCC(C)(C)c2cccc(F)c2)c1.I. The summed E-state index contributed by atoms with van der Waals surface area (Å²) in [7, 11) is 1.74. The number of nitrogens with one attached hydrogen (secondary N) is 2. The van der Waals surface area contributed by atoms with Crippen LogP contribution in [0.3, 0.4) is 0 Å². The molecule has 2 N–H and O–H groups in total. The highest BCUT2D eigenvalue weighted by Gasteiger charge is 2.21. The minimum Gasteiger partial charge on any atom is -0.379 e. The van der Waals surface area contributed by atoms with Gasteiger partial charge in [-0.2, -0.15) is 0 Å². The lowest BCUT2D eigenvalue weighted by molar-refractivity contribution is 0.0453. The van der Waals surface area contributed by atoms with Gasteiger partial charge in [0.25, 0.3) is 0 Å². The Morgan fingerprint density at radius 2 is 1.71 bits per heavy atom. The van der Waals surface area contributed by atoms with Gasteiger partial charge in [-0.05, 0) is 35.7 Å². The van der Waals surface area contributed by atoms with Crippen molar-refractivity contribution in [1.82, 2.24) is 10.6 Å². The molecule has 0 saturated heterocycles. The minimum atomic E-state index is -0.238. The Balaban J connectivity index is 0.00000480. The van der Waals surface area contributed by atoms with E-state index in [9.17, 15) is 4.39 Å². The van der Waals surface area contributed by atoms with E-state index in [2.05, 4.69) is 47.7 Å². The van der Waals surface area contributed by atoms with Gasteiger partial charge in [0.05, 0.1) is 19.8 Å². The molecule has 7 heteroatoms. The molecule has 0 fully saturated rings. The molecule has 0 aromatic heterocycles. The smallest absolute Gasteiger partial charge is 0.191 e. The van der Waals surface area contributed by atoms with E-state index in [4.69, 9.17) is 9.47 Å². The molecule has 0 aliphatic heterocycles. The van der Waals surface area contributed by atoms with Crippen LogP contribution in [0.4, 0.5) is 4.39 Å². The Hall–Kier alpha value is -1.71. The van der Waals surface area contributed by atoms with Crippen LogP contribution in [-0.4, -0.2) is 39.4 Å². The lowest BCUT2D eigenvalue weighted by Crippen LogP contribution is -2.43. The average Bonchev–Trinajstić information content (AvgIpc) is 2.74. The van der Waals surface area contributed by atoms with E-state index in [1.165, 1.54) is 6.07 Å². The third kappa shape index (κ3) is 9.97. The number of benzene rings is 2. The van der Waals surface area contributed by atoms with Gasteiger partial charge in [-0.25, -0.2) is 4.39 Å². The first-order valence-corrected chi connectivity index (χ1v) is 10.4. The van der Waals surface area contributed by atoms with Crippen LogP contribution in [0.1, 0.15) is 37.5 Å². The summed E-state index contributed by atoms with van der Waals surface area (Å²) in [4.78, 5) is 4.30. The average molecular weight is 543 g/mol. The summed E-state index contributed by atoms with van der Waals surface area (Å²) >= 11 is 0. The van der Waals surface area contributed by atoms with Crippen molar-refractivity contribution in [3.8, 4) is 0 Å². The fourth-order valence-corrected chi connectivity index (χ4v) is 3.00. The van der Waals surface area contributed by atoms with Gasteiger partial charge >= 0.3 is 0 Å². The van der Waals surface area contributed by atoms with E-state index in [-0.39, 0.29) is 35.2 Å². The van der Waals surface area contributed by atoms with E-state index in [0.29, 0.717) is 45.5 Å². The van der Waals surface area contributed by atoms with Gasteiger partial charge in [-0.15, -0.1) is 24.0 Å². The zero-order chi connectivity index (χ0) is 21.8. The summed E-state index contributed by atoms with van der Waals surface area (Å²) in [5.74, 6) is 0.489. The Morgan fingerprint density at radius 1 is 1.00 bits per heavy atom. The third-order valence-corrected chi connectivity index (χ3v) is 4.82. The highest BCUT2D eigenvalue weighted by atomic mass is 127. The summed E-state index contributed by atoms with van der Waals surface area (Å²) < 4.78 is 24.5. The van der Waals surface area contributed by atoms with Crippen LogP contribution in [0.2, 0.25) is 0 Å². The second kappa shape index (κ2) is 14.4. The van der Waals surface area contributed by atoms with Crippen LogP contribution < -0.4 is 10.6 Å². The number of halogens is 2. The Morgan fingerprint density at radius 3 is 2.42 bits per heavy atom. The zero-order valence-electron chi connectivity index (χ0n) is 18.9. The molecule has 0 unspecified atom stereocenters. The number of guanidine groups is 1. The van der Waals surface area contributed by atoms with Crippen molar-refractivity contribution in [1.29, 1.82) is 0 Å². The van der Waals surface area contributed by atoms with Crippen molar-refractivity contribution in [2.45, 2.75) is 39.3 Å². The number of ether oxygens (including phenoxy) is 2. The fourth-order valence-electron chi connectivity index (χ4n) is 3.00. The Kier molecular flexibility index (Phi) is 12.7. The summed E-state index contributed by atoms with van der Waals surface area (Å²) in [5.41, 5.74) is 2.98. The van der Waals surface area contributed by atoms with Crippen molar-refractivity contribution in [3.63, 3.8) is 0 Å². The molecule has 0 amide bonds. The highest BCUT2D eigenvalue weighted by molar-refractivity contribution is 14.0. The number of aliphatic imine (C=N–C) groups is 1. The molecule has 0 saturated carbocycles. The highest BCUT2D eigenvalue weighted by Crippen LogP contribution is 2.22. The molecule has 0 aliphatic carbocycles. The number of hydrogen-bond acceptors (Lipinski definition) is 3. The molecule has 5 nitrogen and oxygen atoms in total. The molecular weight excluding hydrogens is 508 g/mol. The molecule has 0 aliphatic rings. The maximum absolute atomic E-state index is 13.6. The minimum absolute atomic E-state index is 0. The van der Waals surface area contributed by atoms with Crippen molar-refractivity contribution < 1.29 is 13.9 Å². The monoisotopic (exact) mass is 543 g/mol. The lowest BCUT2D eigenvalue weighted by Gasteiger charge is -2.27. The predicted octanol–water partition coefficient (Wildman–Crippen LogP) is 4.64. The lowest BCUT2D eigenvalue weighted by atomic mass is 9.84. The van der Waals surface area contributed by atoms with Gasteiger partial charge in [0.2, 0.25) is 0 Å². The second-order valence-corrected chi connectivity index (χ2v) is 7.74. The first-order chi connectivity index (χ1) is 14.4. The van der Waals surface area contributed by atoms with Crippen LogP contribution in [0.25, 0.3) is 0 Å². The maximum atomic E-state index is 13.6. The molecule has 0 radical (unpaired) electrons. The molecule has 31 heavy (non-hydrogen) atoms. The predicted molar refractivity (Wildman–Crippen MR) is 136 cm³/mol. The summed E-state index contributed by atoms with van der Waals surface area (Å²) in [6.07, 6.45) is 0. The second-order valence-electron chi connectivity index (χ2n) is 7.74. The molecule has 2 aromatic carbocycles. The van der Waals surface area contributed by atoms with Gasteiger partial charge in [-0.3, -0.25) is 4.99 Å². The first kappa shape index (κ1) is 27.3. The quantitative estimate of drug-likeness (QED) is 0.188. The zero-order valence-corrected chi connectivity index (χ0v) is 21.2. The van der Waals surface area contributed by atoms with Crippen molar-refractivity contribution >= 4 is 29.9 Å². The van der Waals surface area contributed by atoms with E-state index in [1.54, 1.807) is 19.2 Å². The van der Waals surface area contributed by atoms with Gasteiger partial charge in [0.1, 0.15) is 5.82 Å². The standard InChI is InChI=1S/C24H34FN3O2.HI/c1-5-29-12-13-30-17-20-9-6-8-19(14-20)16-27-23(26-4)28-18-24(2,3)21-10-7-11-22(25)15-21;/h6-11,14-15H,5,12-13,16-18H2,1-4H3,(H2,26,27,28);1H. The third-order valence-electron chi connectivity index (χ3n) is 4.82. The van der Waals surface area contributed by atoms with Gasteiger partial charge in [0.15, 0.2) is 5.96 Å². The molecular formula is C24H35FIN3O2. The summed E-state index contributed by atoms with van der Waals surface area (Å²) in [6, 6.07) is 15.0. The van der Waals surface area contributed by atoms with Crippen LogP contribution >= 0.6 is 24.0 Å². The van der Waals surface area contributed by atoms with Crippen LogP contribution in [-0.2, 0) is 28.0 Å². The van der Waals surface area contributed by atoms with Crippen LogP contribution in [0.5, 0.6) is 0 Å². The number of nitrogens with zero attached hydrogens (tertiary/aromatic N) is 1. The molecule has 2 aromatic rings. The molecule has 0 heterocycles. The Bertz CT molecular complexity index is 815. The summed E-state index contributed by atoms with van der Waals surface area (Å²) in [6.45, 7) is 9.89. The van der Waals surface area contributed by atoms with Gasteiger partial charge in [0, 0.05) is 32.2 Å². The van der Waals surface area contributed by atoms with E-state index >= 15 is 0 Å². The summed E-state index contributed by atoms with van der Waals surface area (Å²) in [5, 5.41) is 6.68. The van der Waals surface area contributed by atoms with Crippen molar-refractivity contribution in [3.05, 3.63) is 71.0 Å². The van der Waals surface area contributed by atoms with Crippen LogP contribution in [0.15, 0.2) is 53.5 Å². The molecule has 0 bridgehead atoms. The normalized spacial score (nSPS) is 11.7. The first-order valence-electron chi connectivity index (χ1n) is 10.4. The van der Waals surface area contributed by atoms with Gasteiger partial charge in [-0.1, -0.05) is 50.2 Å². The van der Waals surface area contributed by atoms with E-state index < -0.39 is 0 Å². The molecule has 0 atom stereocenters. The number of rotatable bonds is 11. The maximum Gasteiger partial charge on any atom is 0.191 e. The van der Waals surface area contributed by atoms with Gasteiger partial charge < -0.3 is 20.1 Å². The van der Waals surface area contributed by atoms with Crippen molar-refractivity contribution in [2.75, 3.05) is 33.4 Å². The number of hydrogen-bond donors (Lipinski definition) is 2. The Labute approximate surface area is 202 Å². The fraction of sp³-hybridized carbons (Fsp3) is 0.458. The van der Waals surface area contributed by atoms with Crippen LogP contribution in [0, 0.1) is 5.82 Å². The van der Waals surface area contributed by atoms with Crippen molar-refractivity contribution in [2.24, 2.45) is 4.99 Å². The molecule has 0 spiro atoms. The van der Waals surface area contributed by atoms with E-state index in [0.717, 1.165) is 16.7 Å². The topological polar surface area (TPSA) is 54.9 Å². The largest absolute Gasteiger partial charge is 0.379 e.